The van der Waals surface area contributed by atoms with Gasteiger partial charge < -0.3 is 9.64 Å². The van der Waals surface area contributed by atoms with Crippen molar-refractivity contribution >= 4 is 11.9 Å². The molecule has 6 rings (SSSR count). The number of Topliss-reactive ketones (excluding diaryl/α,β-unsaturated/α-hetero) is 1. The van der Waals surface area contributed by atoms with Crippen LogP contribution < -0.4 is 0 Å². The third-order valence-corrected chi connectivity index (χ3v) is 8.03. The number of aryl methyl sites for hydroxylation is 1. The first-order valence-corrected chi connectivity index (χ1v) is 12.7. The predicted molar refractivity (Wildman–Crippen MR) is 134 cm³/mol. The first kappa shape index (κ1) is 22.0. The van der Waals surface area contributed by atoms with Crippen LogP contribution in [0.1, 0.15) is 65.3 Å². The summed E-state index contributed by atoms with van der Waals surface area (Å²) in [6, 6.07) is 22.5. The zero-order chi connectivity index (χ0) is 23.9. The van der Waals surface area contributed by atoms with E-state index in [1.54, 1.807) is 0 Å². The molecule has 178 valence electrons. The molecule has 2 unspecified atom stereocenters. The zero-order valence-corrected chi connectivity index (χ0v) is 20.0. The number of rotatable bonds is 4. The molecule has 3 aromatic rings. The van der Waals surface area contributed by atoms with Crippen LogP contribution in [0.4, 0.5) is 4.79 Å². The van der Waals surface area contributed by atoms with Crippen molar-refractivity contribution in [3.63, 3.8) is 0 Å². The van der Waals surface area contributed by atoms with E-state index in [0.29, 0.717) is 25.1 Å². The molecule has 35 heavy (non-hydrogen) atoms. The molecule has 5 nitrogen and oxygen atoms in total. The summed E-state index contributed by atoms with van der Waals surface area (Å²) in [5.74, 6) is 0.0766. The smallest absolute Gasteiger partial charge is 0.410 e. The summed E-state index contributed by atoms with van der Waals surface area (Å²) in [6.07, 6.45) is 4.08. The molecule has 0 saturated carbocycles. The monoisotopic (exact) mass is 466 g/mol. The van der Waals surface area contributed by atoms with Gasteiger partial charge in [0.2, 0.25) is 0 Å². The molecule has 2 bridgehead atoms. The molecule has 5 heteroatoms. The van der Waals surface area contributed by atoms with E-state index in [-0.39, 0.29) is 35.8 Å². The van der Waals surface area contributed by atoms with Gasteiger partial charge in [0.15, 0.2) is 5.78 Å². The Labute approximate surface area is 206 Å². The first-order chi connectivity index (χ1) is 17.1. The van der Waals surface area contributed by atoms with Gasteiger partial charge in [-0.1, -0.05) is 54.6 Å². The average molecular weight is 467 g/mol. The molecule has 0 radical (unpaired) electrons. The molecule has 2 saturated heterocycles. The van der Waals surface area contributed by atoms with Gasteiger partial charge in [-0.2, -0.15) is 0 Å². The van der Waals surface area contributed by atoms with Crippen LogP contribution in [0.2, 0.25) is 0 Å². The molecule has 1 aromatic heterocycles. The fraction of sp³-hybridized carbons (Fsp3) is 0.367. The van der Waals surface area contributed by atoms with Crippen molar-refractivity contribution in [2.75, 3.05) is 6.61 Å². The fourth-order valence-electron chi connectivity index (χ4n) is 6.45. The SMILES string of the molecule is Cc1cccc(C(=O)C2CC3CCCC(C2)N3C(=O)OCC2c3ccccc3-c3ccccc32)n1. The highest BCUT2D eigenvalue weighted by Crippen LogP contribution is 2.45. The summed E-state index contributed by atoms with van der Waals surface area (Å²) >= 11 is 0. The molecular weight excluding hydrogens is 436 g/mol. The van der Waals surface area contributed by atoms with Gasteiger partial charge in [-0.05, 0) is 73.4 Å². The Bertz CT molecular complexity index is 1230. The van der Waals surface area contributed by atoms with E-state index in [0.717, 1.165) is 25.0 Å². The molecule has 0 N–H and O–H groups in total. The van der Waals surface area contributed by atoms with Crippen molar-refractivity contribution < 1.29 is 14.3 Å². The number of amides is 1. The lowest BCUT2D eigenvalue weighted by atomic mass is 9.76. The number of hydrogen-bond donors (Lipinski definition) is 0. The van der Waals surface area contributed by atoms with E-state index >= 15 is 0 Å². The van der Waals surface area contributed by atoms with E-state index < -0.39 is 0 Å². The molecule has 3 aliphatic rings. The Morgan fingerprint density at radius 2 is 1.51 bits per heavy atom. The van der Waals surface area contributed by atoms with Gasteiger partial charge in [-0.3, -0.25) is 9.78 Å². The van der Waals surface area contributed by atoms with Crippen molar-refractivity contribution in [2.24, 2.45) is 5.92 Å². The minimum absolute atomic E-state index is 0.0527. The number of fused-ring (bicyclic) bond motifs is 5. The summed E-state index contributed by atoms with van der Waals surface area (Å²) in [4.78, 5) is 33.0. The predicted octanol–water partition coefficient (Wildman–Crippen LogP) is 6.15. The van der Waals surface area contributed by atoms with Crippen LogP contribution in [0.15, 0.2) is 66.7 Å². The Morgan fingerprint density at radius 3 is 2.14 bits per heavy atom. The van der Waals surface area contributed by atoms with E-state index in [1.807, 2.05) is 30.0 Å². The van der Waals surface area contributed by atoms with Crippen LogP contribution in [-0.4, -0.2) is 40.5 Å². The van der Waals surface area contributed by atoms with E-state index in [4.69, 9.17) is 4.74 Å². The highest BCUT2D eigenvalue weighted by Gasteiger charge is 2.44. The molecule has 2 fully saturated rings. The van der Waals surface area contributed by atoms with Crippen LogP contribution in [0.25, 0.3) is 11.1 Å². The fourth-order valence-corrected chi connectivity index (χ4v) is 6.45. The van der Waals surface area contributed by atoms with Crippen LogP contribution in [0, 0.1) is 12.8 Å². The van der Waals surface area contributed by atoms with Crippen molar-refractivity contribution in [1.29, 1.82) is 0 Å². The maximum atomic E-state index is 13.4. The van der Waals surface area contributed by atoms with Gasteiger partial charge in [0.1, 0.15) is 12.3 Å². The van der Waals surface area contributed by atoms with Gasteiger partial charge in [0, 0.05) is 29.6 Å². The van der Waals surface area contributed by atoms with Crippen LogP contribution in [0.3, 0.4) is 0 Å². The number of piperidine rings is 2. The Hall–Kier alpha value is -3.47. The van der Waals surface area contributed by atoms with Crippen LogP contribution >= 0.6 is 0 Å². The van der Waals surface area contributed by atoms with Crippen molar-refractivity contribution in [1.82, 2.24) is 9.88 Å². The maximum Gasteiger partial charge on any atom is 0.410 e. The molecular formula is C30H30N2O3. The normalized spacial score (nSPS) is 22.9. The summed E-state index contributed by atoms with van der Waals surface area (Å²) in [5.41, 5.74) is 6.29. The van der Waals surface area contributed by atoms with Gasteiger partial charge in [-0.25, -0.2) is 4.79 Å². The number of carbonyl (C=O) groups is 2. The second kappa shape index (κ2) is 8.95. The first-order valence-electron chi connectivity index (χ1n) is 12.7. The second-order valence-electron chi connectivity index (χ2n) is 10.1. The Morgan fingerprint density at radius 1 is 0.886 bits per heavy atom. The quantitative estimate of drug-likeness (QED) is 0.433. The molecule has 2 atom stereocenters. The molecule has 3 heterocycles. The number of ketones is 1. The zero-order valence-electron chi connectivity index (χ0n) is 20.0. The summed E-state index contributed by atoms with van der Waals surface area (Å²) in [6.45, 7) is 2.24. The van der Waals surface area contributed by atoms with E-state index in [1.165, 1.54) is 22.3 Å². The minimum Gasteiger partial charge on any atom is -0.448 e. The summed E-state index contributed by atoms with van der Waals surface area (Å²) < 4.78 is 6.00. The van der Waals surface area contributed by atoms with Gasteiger partial charge in [-0.15, -0.1) is 0 Å². The lowest BCUT2D eigenvalue weighted by Crippen LogP contribution is -2.56. The van der Waals surface area contributed by atoms with E-state index in [9.17, 15) is 9.59 Å². The van der Waals surface area contributed by atoms with Gasteiger partial charge in [0.25, 0.3) is 0 Å². The number of benzene rings is 2. The van der Waals surface area contributed by atoms with Crippen LogP contribution in [-0.2, 0) is 4.74 Å². The topological polar surface area (TPSA) is 59.5 Å². The third kappa shape index (κ3) is 3.93. The van der Waals surface area contributed by atoms with Crippen molar-refractivity contribution in [2.45, 2.75) is 57.0 Å². The number of nitrogens with zero attached hydrogens (tertiary/aromatic N) is 2. The molecule has 1 aliphatic carbocycles. The number of carbonyl (C=O) groups excluding carboxylic acids is 2. The largest absolute Gasteiger partial charge is 0.448 e. The molecule has 2 aliphatic heterocycles. The van der Waals surface area contributed by atoms with Gasteiger partial charge in [0.05, 0.1) is 0 Å². The van der Waals surface area contributed by atoms with Gasteiger partial charge >= 0.3 is 6.09 Å². The lowest BCUT2D eigenvalue weighted by molar-refractivity contribution is 0.00641. The molecule has 2 aromatic carbocycles. The molecule has 1 amide bonds. The van der Waals surface area contributed by atoms with E-state index in [2.05, 4.69) is 53.5 Å². The summed E-state index contributed by atoms with van der Waals surface area (Å²) in [5, 5.41) is 0. The van der Waals surface area contributed by atoms with Crippen LogP contribution in [0.5, 0.6) is 0 Å². The minimum atomic E-state index is -0.235. The molecule has 0 spiro atoms. The maximum absolute atomic E-state index is 13.4. The van der Waals surface area contributed by atoms with Crippen molar-refractivity contribution in [3.8, 4) is 11.1 Å². The Balaban J connectivity index is 1.17. The standard InChI is InChI=1S/C30H30N2O3/c1-19-8-6-15-28(31-19)29(33)20-16-21-9-7-10-22(17-20)32(21)30(34)35-18-27-25-13-4-2-11-23(25)24-12-3-5-14-26(24)27/h2-6,8,11-15,20-22,27H,7,9-10,16-18H2,1H3. The van der Waals surface area contributed by atoms with Crippen molar-refractivity contribution in [3.05, 3.63) is 89.2 Å². The lowest BCUT2D eigenvalue weighted by Gasteiger charge is -2.47. The highest BCUT2D eigenvalue weighted by molar-refractivity contribution is 5.96. The Kier molecular flexibility index (Phi) is 5.63. The second-order valence-corrected chi connectivity index (χ2v) is 10.1. The number of hydrogen-bond acceptors (Lipinski definition) is 4. The third-order valence-electron chi connectivity index (χ3n) is 8.03. The average Bonchev–Trinajstić information content (AvgIpc) is 3.20. The number of pyridine rings is 1. The number of aromatic nitrogens is 1. The highest BCUT2D eigenvalue weighted by atomic mass is 16.6. The summed E-state index contributed by atoms with van der Waals surface area (Å²) in [7, 11) is 0. The number of ether oxygens (including phenoxy) is 1.